The standard InChI is InChI=1S/C20H25N7O/c1-13-12-28-10-7-15(13)26(2)17-11-22-18-19(23-17)24-25-20(18)27-9-4-5-14-16(27)6-3-8-21-14/h3,6,8,11,13,15H,4-5,7,9-10,12H2,1-2H3,(H,23,24,25). The third-order valence-corrected chi connectivity index (χ3v) is 5.90. The fourth-order valence-electron chi connectivity index (χ4n) is 4.37. The highest BCUT2D eigenvalue weighted by Crippen LogP contribution is 2.34. The van der Waals surface area contributed by atoms with Crippen LogP contribution in [0.5, 0.6) is 0 Å². The minimum absolute atomic E-state index is 0.405. The minimum Gasteiger partial charge on any atom is -0.381 e. The summed E-state index contributed by atoms with van der Waals surface area (Å²) in [6.07, 6.45) is 6.76. The zero-order valence-corrected chi connectivity index (χ0v) is 16.3. The lowest BCUT2D eigenvalue weighted by Crippen LogP contribution is -2.43. The van der Waals surface area contributed by atoms with Gasteiger partial charge in [-0.05, 0) is 37.3 Å². The molecule has 2 atom stereocenters. The van der Waals surface area contributed by atoms with Crippen LogP contribution >= 0.6 is 0 Å². The molecule has 0 amide bonds. The molecule has 5 heterocycles. The smallest absolute Gasteiger partial charge is 0.183 e. The number of fused-ring (bicyclic) bond motifs is 2. The van der Waals surface area contributed by atoms with E-state index in [-0.39, 0.29) is 0 Å². The molecule has 8 nitrogen and oxygen atoms in total. The van der Waals surface area contributed by atoms with Crippen molar-refractivity contribution in [2.24, 2.45) is 5.92 Å². The predicted molar refractivity (Wildman–Crippen MR) is 108 cm³/mol. The fraction of sp³-hybridized carbons (Fsp3) is 0.500. The topological polar surface area (TPSA) is 83.1 Å². The van der Waals surface area contributed by atoms with Crippen LogP contribution in [0.25, 0.3) is 11.2 Å². The van der Waals surface area contributed by atoms with Gasteiger partial charge in [-0.1, -0.05) is 6.92 Å². The van der Waals surface area contributed by atoms with Crippen LogP contribution in [0.3, 0.4) is 0 Å². The molecule has 2 aliphatic rings. The Balaban J connectivity index is 1.48. The van der Waals surface area contributed by atoms with Crippen LogP contribution in [0.1, 0.15) is 25.5 Å². The summed E-state index contributed by atoms with van der Waals surface area (Å²) < 4.78 is 5.58. The van der Waals surface area contributed by atoms with Gasteiger partial charge in [0.1, 0.15) is 5.82 Å². The first-order chi connectivity index (χ1) is 13.7. The van der Waals surface area contributed by atoms with Crippen LogP contribution in [-0.2, 0) is 11.2 Å². The number of H-pyrrole nitrogens is 1. The van der Waals surface area contributed by atoms with Gasteiger partial charge in [-0.3, -0.25) is 10.1 Å². The lowest BCUT2D eigenvalue weighted by atomic mass is 9.96. The fourth-order valence-corrected chi connectivity index (χ4v) is 4.37. The molecule has 8 heteroatoms. The molecular formula is C20H25N7O. The molecule has 3 aromatic heterocycles. The van der Waals surface area contributed by atoms with Crippen molar-refractivity contribution in [3.63, 3.8) is 0 Å². The summed E-state index contributed by atoms with van der Waals surface area (Å²) in [4.78, 5) is 18.5. The van der Waals surface area contributed by atoms with E-state index in [1.54, 1.807) is 0 Å². The molecule has 146 valence electrons. The number of ether oxygens (including phenoxy) is 1. The molecule has 1 saturated heterocycles. The molecule has 5 rings (SSSR count). The number of rotatable bonds is 3. The van der Waals surface area contributed by atoms with Gasteiger partial charge in [0.15, 0.2) is 17.0 Å². The number of pyridine rings is 1. The van der Waals surface area contributed by atoms with E-state index in [0.717, 1.165) is 73.2 Å². The molecule has 2 aliphatic heterocycles. The van der Waals surface area contributed by atoms with Gasteiger partial charge < -0.3 is 14.5 Å². The van der Waals surface area contributed by atoms with Gasteiger partial charge in [0.2, 0.25) is 0 Å². The number of nitrogens with one attached hydrogen (secondary N) is 1. The third kappa shape index (κ3) is 2.88. The summed E-state index contributed by atoms with van der Waals surface area (Å²) >= 11 is 0. The summed E-state index contributed by atoms with van der Waals surface area (Å²) in [6, 6.07) is 4.48. The predicted octanol–water partition coefficient (Wildman–Crippen LogP) is 2.69. The van der Waals surface area contributed by atoms with Gasteiger partial charge in [-0.15, -0.1) is 0 Å². The largest absolute Gasteiger partial charge is 0.381 e. The van der Waals surface area contributed by atoms with Crippen molar-refractivity contribution < 1.29 is 4.74 Å². The Morgan fingerprint density at radius 1 is 1.32 bits per heavy atom. The van der Waals surface area contributed by atoms with Gasteiger partial charge in [0.05, 0.1) is 24.2 Å². The Kier molecular flexibility index (Phi) is 4.35. The summed E-state index contributed by atoms with van der Waals surface area (Å²) in [5, 5.41) is 7.64. The van der Waals surface area contributed by atoms with Crippen molar-refractivity contribution in [2.45, 2.75) is 32.2 Å². The molecule has 1 N–H and O–H groups in total. The highest BCUT2D eigenvalue weighted by Gasteiger charge is 2.28. The lowest BCUT2D eigenvalue weighted by Gasteiger charge is -2.36. The highest BCUT2D eigenvalue weighted by atomic mass is 16.5. The van der Waals surface area contributed by atoms with Crippen molar-refractivity contribution in [2.75, 3.05) is 36.6 Å². The van der Waals surface area contributed by atoms with Crippen molar-refractivity contribution in [3.05, 3.63) is 30.2 Å². The zero-order chi connectivity index (χ0) is 19.1. The maximum Gasteiger partial charge on any atom is 0.183 e. The first-order valence-electron chi connectivity index (χ1n) is 9.95. The Bertz CT molecular complexity index is 988. The second-order valence-electron chi connectivity index (χ2n) is 7.72. The molecule has 0 radical (unpaired) electrons. The molecule has 0 saturated carbocycles. The van der Waals surface area contributed by atoms with E-state index >= 15 is 0 Å². The second-order valence-corrected chi connectivity index (χ2v) is 7.72. The Morgan fingerprint density at radius 2 is 2.25 bits per heavy atom. The first-order valence-corrected chi connectivity index (χ1v) is 9.95. The van der Waals surface area contributed by atoms with E-state index in [2.05, 4.69) is 45.0 Å². The van der Waals surface area contributed by atoms with Gasteiger partial charge in [0, 0.05) is 32.4 Å². The lowest BCUT2D eigenvalue weighted by molar-refractivity contribution is 0.0477. The van der Waals surface area contributed by atoms with Crippen LogP contribution in [-0.4, -0.2) is 58.0 Å². The molecule has 2 unspecified atom stereocenters. The SMILES string of the molecule is CC1COCCC1N(C)c1cnc2c(N3CCCc4ncccc43)n[nH]c2n1. The molecule has 3 aromatic rings. The number of anilines is 3. The molecule has 0 bridgehead atoms. The normalized spacial score (nSPS) is 22.3. The van der Waals surface area contributed by atoms with Gasteiger partial charge in [-0.2, -0.15) is 5.10 Å². The number of aromatic nitrogens is 5. The van der Waals surface area contributed by atoms with Gasteiger partial charge in [0.25, 0.3) is 0 Å². The minimum atomic E-state index is 0.405. The average Bonchev–Trinajstić information content (AvgIpc) is 3.16. The van der Waals surface area contributed by atoms with Crippen molar-refractivity contribution >= 4 is 28.5 Å². The summed E-state index contributed by atoms with van der Waals surface area (Å²) in [6.45, 7) is 4.72. The van der Waals surface area contributed by atoms with Crippen LogP contribution in [0.4, 0.5) is 17.3 Å². The number of aromatic amines is 1. The summed E-state index contributed by atoms with van der Waals surface area (Å²) in [7, 11) is 2.09. The van der Waals surface area contributed by atoms with Crippen LogP contribution in [0.2, 0.25) is 0 Å². The quantitative estimate of drug-likeness (QED) is 0.749. The number of hydrogen-bond donors (Lipinski definition) is 1. The maximum atomic E-state index is 5.58. The third-order valence-electron chi connectivity index (χ3n) is 5.90. The van der Waals surface area contributed by atoms with Gasteiger partial charge in [-0.25, -0.2) is 9.97 Å². The van der Waals surface area contributed by atoms with Crippen molar-refractivity contribution in [3.8, 4) is 0 Å². The van der Waals surface area contributed by atoms with Crippen LogP contribution in [0, 0.1) is 5.92 Å². The van der Waals surface area contributed by atoms with E-state index in [1.807, 2.05) is 18.5 Å². The van der Waals surface area contributed by atoms with Crippen LogP contribution in [0.15, 0.2) is 24.5 Å². The number of hydrogen-bond acceptors (Lipinski definition) is 7. The first kappa shape index (κ1) is 17.4. The monoisotopic (exact) mass is 379 g/mol. The Morgan fingerprint density at radius 3 is 3.14 bits per heavy atom. The molecular weight excluding hydrogens is 354 g/mol. The number of nitrogens with zero attached hydrogens (tertiary/aromatic N) is 6. The van der Waals surface area contributed by atoms with Crippen LogP contribution < -0.4 is 9.80 Å². The van der Waals surface area contributed by atoms with Crippen molar-refractivity contribution in [1.82, 2.24) is 25.1 Å². The number of aryl methyl sites for hydroxylation is 1. The molecule has 0 aliphatic carbocycles. The van der Waals surface area contributed by atoms with E-state index in [9.17, 15) is 0 Å². The van der Waals surface area contributed by atoms with E-state index in [1.165, 1.54) is 0 Å². The summed E-state index contributed by atoms with van der Waals surface area (Å²) in [5.74, 6) is 2.15. The molecule has 28 heavy (non-hydrogen) atoms. The molecule has 0 spiro atoms. The second kappa shape index (κ2) is 7.01. The Hall–Kier alpha value is -2.74. The zero-order valence-electron chi connectivity index (χ0n) is 16.3. The van der Waals surface area contributed by atoms with E-state index in [4.69, 9.17) is 14.7 Å². The average molecular weight is 379 g/mol. The van der Waals surface area contributed by atoms with Gasteiger partial charge >= 0.3 is 0 Å². The van der Waals surface area contributed by atoms with E-state index in [0.29, 0.717) is 12.0 Å². The Labute approximate surface area is 163 Å². The highest BCUT2D eigenvalue weighted by molar-refractivity contribution is 5.87. The maximum absolute atomic E-state index is 5.58. The molecule has 0 aromatic carbocycles. The van der Waals surface area contributed by atoms with E-state index < -0.39 is 0 Å². The molecule has 1 fully saturated rings. The summed E-state index contributed by atoms with van der Waals surface area (Å²) in [5.41, 5.74) is 3.74. The van der Waals surface area contributed by atoms with Crippen molar-refractivity contribution in [1.29, 1.82) is 0 Å².